The van der Waals surface area contributed by atoms with Gasteiger partial charge in [0.25, 0.3) is 0 Å². The zero-order valence-corrected chi connectivity index (χ0v) is 13.8. The highest BCUT2D eigenvalue weighted by Crippen LogP contribution is 2.25. The molecule has 0 saturated heterocycles. The van der Waals surface area contributed by atoms with Crippen LogP contribution in [0.25, 0.3) is 0 Å². The summed E-state index contributed by atoms with van der Waals surface area (Å²) in [4.78, 5) is 23.1. The van der Waals surface area contributed by atoms with Crippen LogP contribution in [0.4, 0.5) is 0 Å². The second-order valence-corrected chi connectivity index (χ2v) is 6.17. The molecule has 2 N–H and O–H groups in total. The van der Waals surface area contributed by atoms with E-state index in [1.807, 2.05) is 54.6 Å². The number of nitrogens with one attached hydrogen (secondary N) is 1. The van der Waals surface area contributed by atoms with E-state index in [0.717, 1.165) is 5.56 Å². The zero-order valence-electron chi connectivity index (χ0n) is 13.8. The number of ether oxygens (including phenoxy) is 1. The molecular formula is C19H21NO4. The van der Waals surface area contributed by atoms with Crippen molar-refractivity contribution in [2.24, 2.45) is 5.41 Å². The number of aliphatic carboxylic acids is 1. The van der Waals surface area contributed by atoms with E-state index in [1.54, 1.807) is 0 Å². The highest BCUT2D eigenvalue weighted by Gasteiger charge is 2.30. The number of carbonyl (C=O) groups is 2. The van der Waals surface area contributed by atoms with Crippen molar-refractivity contribution in [3.8, 4) is 11.5 Å². The highest BCUT2D eigenvalue weighted by atomic mass is 16.5. The lowest BCUT2D eigenvalue weighted by molar-refractivity contribution is -0.149. The quantitative estimate of drug-likeness (QED) is 0.815. The van der Waals surface area contributed by atoms with Crippen LogP contribution in [0.2, 0.25) is 0 Å². The maximum absolute atomic E-state index is 12.0. The van der Waals surface area contributed by atoms with Gasteiger partial charge in [-0.15, -0.1) is 0 Å². The Labute approximate surface area is 141 Å². The third-order valence-electron chi connectivity index (χ3n) is 3.60. The summed E-state index contributed by atoms with van der Waals surface area (Å²) in [6, 6.07) is 16.8. The molecule has 24 heavy (non-hydrogen) atoms. The van der Waals surface area contributed by atoms with Crippen LogP contribution in [0.3, 0.4) is 0 Å². The fraction of sp³-hybridized carbons (Fsp3) is 0.263. The topological polar surface area (TPSA) is 75.6 Å². The summed E-state index contributed by atoms with van der Waals surface area (Å²) in [5, 5.41) is 11.8. The molecule has 0 aliphatic heterocycles. The van der Waals surface area contributed by atoms with Gasteiger partial charge in [0.2, 0.25) is 5.91 Å². The molecule has 2 aromatic carbocycles. The van der Waals surface area contributed by atoms with Crippen LogP contribution in [-0.2, 0) is 16.1 Å². The molecule has 0 spiro atoms. The first kappa shape index (κ1) is 17.5. The third-order valence-corrected chi connectivity index (χ3v) is 3.60. The number of amides is 1. The fourth-order valence-electron chi connectivity index (χ4n) is 2.10. The summed E-state index contributed by atoms with van der Waals surface area (Å²) in [6.07, 6.45) is -0.0793. The number of carboxylic acids is 1. The van der Waals surface area contributed by atoms with Crippen LogP contribution in [0.5, 0.6) is 11.5 Å². The normalized spacial score (nSPS) is 10.9. The van der Waals surface area contributed by atoms with Crippen LogP contribution in [0.1, 0.15) is 25.8 Å². The molecule has 5 heteroatoms. The van der Waals surface area contributed by atoms with Crippen LogP contribution < -0.4 is 10.1 Å². The molecule has 2 aromatic rings. The van der Waals surface area contributed by atoms with Crippen molar-refractivity contribution in [2.75, 3.05) is 0 Å². The maximum Gasteiger partial charge on any atom is 0.309 e. The molecule has 0 radical (unpaired) electrons. The van der Waals surface area contributed by atoms with Crippen molar-refractivity contribution in [1.82, 2.24) is 5.32 Å². The van der Waals surface area contributed by atoms with Gasteiger partial charge in [-0.2, -0.15) is 0 Å². The van der Waals surface area contributed by atoms with Gasteiger partial charge in [0, 0.05) is 18.5 Å². The van der Waals surface area contributed by atoms with Crippen molar-refractivity contribution in [2.45, 2.75) is 26.8 Å². The first-order chi connectivity index (χ1) is 11.4. The minimum absolute atomic E-state index is 0.0793. The lowest BCUT2D eigenvalue weighted by Gasteiger charge is -2.18. The van der Waals surface area contributed by atoms with Crippen LogP contribution in [0, 0.1) is 5.41 Å². The molecule has 1 amide bonds. The molecule has 5 nitrogen and oxygen atoms in total. The Morgan fingerprint density at radius 1 is 1.04 bits per heavy atom. The van der Waals surface area contributed by atoms with Crippen molar-refractivity contribution in [3.63, 3.8) is 0 Å². The zero-order chi connectivity index (χ0) is 17.6. The Morgan fingerprint density at radius 2 is 1.67 bits per heavy atom. The molecule has 0 unspecified atom stereocenters. The number of hydrogen-bond donors (Lipinski definition) is 2. The maximum atomic E-state index is 12.0. The SMILES string of the molecule is CC(C)(CC(=O)NCc1ccccc1Oc1ccccc1)C(=O)O. The van der Waals surface area contributed by atoms with Gasteiger partial charge >= 0.3 is 5.97 Å². The van der Waals surface area contributed by atoms with Crippen LogP contribution in [0.15, 0.2) is 54.6 Å². The first-order valence-electron chi connectivity index (χ1n) is 7.69. The van der Waals surface area contributed by atoms with Crippen LogP contribution in [-0.4, -0.2) is 17.0 Å². The molecule has 0 fully saturated rings. The standard InChI is InChI=1S/C19H21NO4/c1-19(2,18(22)23)12-17(21)20-13-14-8-6-7-11-16(14)24-15-9-4-3-5-10-15/h3-11H,12-13H2,1-2H3,(H,20,21)(H,22,23). The lowest BCUT2D eigenvalue weighted by Crippen LogP contribution is -2.33. The van der Waals surface area contributed by atoms with Gasteiger partial charge in [0.1, 0.15) is 11.5 Å². The Hall–Kier alpha value is -2.82. The molecule has 0 aliphatic carbocycles. The van der Waals surface area contributed by atoms with Gasteiger partial charge in [-0.05, 0) is 32.0 Å². The summed E-state index contributed by atoms with van der Waals surface area (Å²) in [6.45, 7) is 3.33. The van der Waals surface area contributed by atoms with Gasteiger partial charge < -0.3 is 15.2 Å². The van der Waals surface area contributed by atoms with E-state index in [-0.39, 0.29) is 18.9 Å². The van der Waals surface area contributed by atoms with Gasteiger partial charge in [-0.25, -0.2) is 0 Å². The van der Waals surface area contributed by atoms with Gasteiger partial charge in [0.05, 0.1) is 5.41 Å². The molecule has 0 heterocycles. The number of para-hydroxylation sites is 2. The summed E-state index contributed by atoms with van der Waals surface area (Å²) in [5.41, 5.74) is -0.271. The van der Waals surface area contributed by atoms with Crippen LogP contribution >= 0.6 is 0 Å². The highest BCUT2D eigenvalue weighted by molar-refractivity contribution is 5.84. The Bertz CT molecular complexity index is 710. The van der Waals surface area contributed by atoms with E-state index in [1.165, 1.54) is 13.8 Å². The molecule has 2 rings (SSSR count). The summed E-state index contributed by atoms with van der Waals surface area (Å²) in [7, 11) is 0. The summed E-state index contributed by atoms with van der Waals surface area (Å²) >= 11 is 0. The predicted molar refractivity (Wildman–Crippen MR) is 90.8 cm³/mol. The van der Waals surface area contributed by atoms with Gasteiger partial charge in [-0.3, -0.25) is 9.59 Å². The van der Waals surface area contributed by atoms with E-state index in [4.69, 9.17) is 9.84 Å². The van der Waals surface area contributed by atoms with E-state index < -0.39 is 11.4 Å². The Balaban J connectivity index is 2.00. The smallest absolute Gasteiger partial charge is 0.309 e. The minimum atomic E-state index is -1.09. The molecule has 0 bridgehead atoms. The average molecular weight is 327 g/mol. The van der Waals surface area contributed by atoms with E-state index in [0.29, 0.717) is 11.5 Å². The largest absolute Gasteiger partial charge is 0.481 e. The molecule has 0 aromatic heterocycles. The average Bonchev–Trinajstić information content (AvgIpc) is 2.54. The molecular weight excluding hydrogens is 306 g/mol. The van der Waals surface area contributed by atoms with Gasteiger partial charge in [-0.1, -0.05) is 36.4 Å². The van der Waals surface area contributed by atoms with E-state index in [2.05, 4.69) is 5.32 Å². The molecule has 126 valence electrons. The molecule has 0 saturated carbocycles. The minimum Gasteiger partial charge on any atom is -0.481 e. The number of hydrogen-bond acceptors (Lipinski definition) is 3. The molecule has 0 atom stereocenters. The Kier molecular flexibility index (Phi) is 5.58. The van der Waals surface area contributed by atoms with E-state index >= 15 is 0 Å². The number of carboxylic acid groups (broad SMARTS) is 1. The Morgan fingerprint density at radius 3 is 2.33 bits per heavy atom. The third kappa shape index (κ3) is 4.84. The fourth-order valence-corrected chi connectivity index (χ4v) is 2.10. The number of benzene rings is 2. The number of carbonyl (C=O) groups excluding carboxylic acids is 1. The summed E-state index contributed by atoms with van der Waals surface area (Å²) in [5.74, 6) is 0.0622. The van der Waals surface area contributed by atoms with Crippen molar-refractivity contribution >= 4 is 11.9 Å². The number of rotatable bonds is 7. The van der Waals surface area contributed by atoms with Crippen molar-refractivity contribution < 1.29 is 19.4 Å². The summed E-state index contributed by atoms with van der Waals surface area (Å²) < 4.78 is 5.84. The predicted octanol–water partition coefficient (Wildman–Crippen LogP) is 3.60. The second-order valence-electron chi connectivity index (χ2n) is 6.17. The monoisotopic (exact) mass is 327 g/mol. The van der Waals surface area contributed by atoms with Gasteiger partial charge in [0.15, 0.2) is 0 Å². The molecule has 0 aliphatic rings. The first-order valence-corrected chi connectivity index (χ1v) is 7.69. The van der Waals surface area contributed by atoms with E-state index in [9.17, 15) is 9.59 Å². The van der Waals surface area contributed by atoms with Crippen molar-refractivity contribution in [3.05, 3.63) is 60.2 Å². The second kappa shape index (κ2) is 7.64. The lowest BCUT2D eigenvalue weighted by atomic mass is 9.89. The van der Waals surface area contributed by atoms with Crippen molar-refractivity contribution in [1.29, 1.82) is 0 Å².